The fourth-order valence-electron chi connectivity index (χ4n) is 4.41. The number of carbonyl (C=O) groups is 2. The van der Waals surface area contributed by atoms with Crippen LogP contribution in [0.4, 0.5) is 0 Å². The third kappa shape index (κ3) is 10.1. The number of fused-ring (bicyclic) bond motifs is 2. The van der Waals surface area contributed by atoms with Gasteiger partial charge in [-0.05, 0) is 44.3 Å². The molecule has 0 aliphatic carbocycles. The maximum Gasteiger partial charge on any atom is 0.334 e. The summed E-state index contributed by atoms with van der Waals surface area (Å²) in [5.41, 5.74) is 0.941. The number of nitrogens with zero attached hydrogens (tertiary/aromatic N) is 3. The van der Waals surface area contributed by atoms with Crippen LogP contribution in [0.15, 0.2) is 30.0 Å². The second kappa shape index (κ2) is 15.9. The summed E-state index contributed by atoms with van der Waals surface area (Å²) < 4.78 is 37.1. The molecule has 11 nitrogen and oxygen atoms in total. The SMILES string of the molecule is CO[C@H]1[C@@H](OC)C[C@H](C)Cn2cc(nn2)COC(=O)/C(C)=C/C=C\[C@H](OC)[C@H](CO[Si](C)(C)C(C)(C)C)OC(=O)[C@@H]1C. The lowest BCUT2D eigenvalue weighted by Crippen LogP contribution is -2.47. The zero-order valence-electron chi connectivity index (χ0n) is 27.2. The monoisotopic (exact) mass is 609 g/mol. The van der Waals surface area contributed by atoms with E-state index in [4.69, 9.17) is 28.1 Å². The highest BCUT2D eigenvalue weighted by molar-refractivity contribution is 6.74. The van der Waals surface area contributed by atoms with Crippen molar-refractivity contribution in [2.24, 2.45) is 11.8 Å². The van der Waals surface area contributed by atoms with E-state index >= 15 is 0 Å². The quantitative estimate of drug-likeness (QED) is 0.337. The maximum absolute atomic E-state index is 13.6. The largest absolute Gasteiger partial charge is 0.457 e. The molecule has 0 radical (unpaired) electrons. The summed E-state index contributed by atoms with van der Waals surface area (Å²) in [6, 6.07) is 0. The highest BCUT2D eigenvalue weighted by Crippen LogP contribution is 2.37. The molecule has 1 aromatic heterocycles. The van der Waals surface area contributed by atoms with E-state index in [0.29, 0.717) is 24.2 Å². The molecule has 238 valence electrons. The Balaban J connectivity index is 2.44. The molecule has 2 rings (SSSR count). The lowest BCUT2D eigenvalue weighted by molar-refractivity contribution is -0.170. The van der Waals surface area contributed by atoms with E-state index in [1.54, 1.807) is 64.3 Å². The first-order chi connectivity index (χ1) is 19.6. The molecule has 1 aliphatic heterocycles. The van der Waals surface area contributed by atoms with Gasteiger partial charge in [0.15, 0.2) is 14.4 Å². The van der Waals surface area contributed by atoms with Crippen molar-refractivity contribution in [1.82, 2.24) is 15.0 Å². The number of aromatic nitrogens is 3. The van der Waals surface area contributed by atoms with Crippen molar-refractivity contribution in [1.29, 1.82) is 0 Å². The molecule has 0 amide bonds. The van der Waals surface area contributed by atoms with Crippen molar-refractivity contribution in [3.05, 3.63) is 35.7 Å². The highest BCUT2D eigenvalue weighted by Gasteiger charge is 2.40. The summed E-state index contributed by atoms with van der Waals surface area (Å²) in [6.45, 7) is 17.0. The van der Waals surface area contributed by atoms with Crippen LogP contribution in [0.25, 0.3) is 0 Å². The molecule has 42 heavy (non-hydrogen) atoms. The second-order valence-electron chi connectivity index (χ2n) is 12.6. The van der Waals surface area contributed by atoms with Crippen molar-refractivity contribution < 1.29 is 37.7 Å². The highest BCUT2D eigenvalue weighted by atomic mass is 28.4. The summed E-state index contributed by atoms with van der Waals surface area (Å²) in [4.78, 5) is 26.2. The first kappa shape index (κ1) is 35.8. The van der Waals surface area contributed by atoms with Crippen LogP contribution in [0, 0.1) is 11.8 Å². The normalized spacial score (nSPS) is 29.6. The van der Waals surface area contributed by atoms with Gasteiger partial charge in [0.05, 0.1) is 30.9 Å². The molecule has 0 spiro atoms. The van der Waals surface area contributed by atoms with E-state index < -0.39 is 44.5 Å². The van der Waals surface area contributed by atoms with E-state index in [2.05, 4.69) is 51.1 Å². The Morgan fingerprint density at radius 2 is 1.79 bits per heavy atom. The van der Waals surface area contributed by atoms with Gasteiger partial charge < -0.3 is 28.1 Å². The Kier molecular flexibility index (Phi) is 13.6. The predicted octanol–water partition coefficient (Wildman–Crippen LogP) is 4.48. The smallest absolute Gasteiger partial charge is 0.334 e. The van der Waals surface area contributed by atoms with Crippen molar-refractivity contribution in [3.63, 3.8) is 0 Å². The number of carbonyl (C=O) groups excluding carboxylic acids is 2. The van der Waals surface area contributed by atoms with Gasteiger partial charge in [-0.25, -0.2) is 4.79 Å². The molecule has 0 saturated carbocycles. The standard InChI is InChI=1S/C30H51N3O8Si/c1-20-15-25(37-8)27(38-9)22(3)29(35)41-26(19-40-42(10,11)30(4,5)6)24(36-7)14-12-13-21(2)28(34)39-18-23-17-33(16-20)32-31-23/h12-14,17,20,22,24-27H,15-16,18-19H2,1-11H3/b14-12-,21-13+/t20-,22+,24-,25-,26-,27+/m0/s1. The maximum atomic E-state index is 13.6. The van der Waals surface area contributed by atoms with Crippen molar-refractivity contribution >= 4 is 20.3 Å². The number of hydrogen-bond acceptors (Lipinski definition) is 10. The first-order valence-corrected chi connectivity index (χ1v) is 17.4. The number of hydrogen-bond donors (Lipinski definition) is 0. The van der Waals surface area contributed by atoms with Gasteiger partial charge in [0.1, 0.15) is 18.4 Å². The van der Waals surface area contributed by atoms with Gasteiger partial charge in [-0.2, -0.15) is 0 Å². The van der Waals surface area contributed by atoms with Crippen molar-refractivity contribution in [3.8, 4) is 0 Å². The molecule has 0 aromatic carbocycles. The van der Waals surface area contributed by atoms with E-state index in [9.17, 15) is 9.59 Å². The Labute approximate surface area is 252 Å². The number of cyclic esters (lactones) is 2. The minimum absolute atomic E-state index is 0.00950. The number of rotatable bonds is 6. The molecule has 12 heteroatoms. The van der Waals surface area contributed by atoms with Crippen LogP contribution in [0.3, 0.4) is 0 Å². The van der Waals surface area contributed by atoms with Crippen LogP contribution in [-0.4, -0.2) is 87.6 Å². The summed E-state index contributed by atoms with van der Waals surface area (Å²) in [7, 11) is 2.56. The molecule has 1 aliphatic rings. The van der Waals surface area contributed by atoms with Crippen LogP contribution in [0.2, 0.25) is 18.1 Å². The molecule has 2 heterocycles. The second-order valence-corrected chi connectivity index (χ2v) is 17.4. The summed E-state index contributed by atoms with van der Waals surface area (Å²) in [6.07, 6.45) is 5.12. The van der Waals surface area contributed by atoms with Crippen LogP contribution in [0.5, 0.6) is 0 Å². The van der Waals surface area contributed by atoms with Gasteiger partial charge >= 0.3 is 11.9 Å². The lowest BCUT2D eigenvalue weighted by atomic mass is 9.92. The average Bonchev–Trinajstić information content (AvgIpc) is 3.37. The lowest BCUT2D eigenvalue weighted by Gasteiger charge is -2.38. The minimum atomic E-state index is -2.17. The number of allylic oxidation sites excluding steroid dienone is 2. The van der Waals surface area contributed by atoms with Gasteiger partial charge in [0.25, 0.3) is 0 Å². The van der Waals surface area contributed by atoms with Gasteiger partial charge in [0.2, 0.25) is 0 Å². The zero-order valence-corrected chi connectivity index (χ0v) is 28.2. The Morgan fingerprint density at radius 3 is 2.38 bits per heavy atom. The van der Waals surface area contributed by atoms with Crippen LogP contribution >= 0.6 is 0 Å². The van der Waals surface area contributed by atoms with E-state index in [1.807, 2.05) is 0 Å². The van der Waals surface area contributed by atoms with Gasteiger partial charge in [-0.3, -0.25) is 9.48 Å². The minimum Gasteiger partial charge on any atom is -0.457 e. The molecule has 6 atom stereocenters. The van der Waals surface area contributed by atoms with E-state index in [-0.39, 0.29) is 30.3 Å². The summed E-state index contributed by atoms with van der Waals surface area (Å²) >= 11 is 0. The number of methoxy groups -OCH3 is 3. The van der Waals surface area contributed by atoms with Gasteiger partial charge in [0, 0.05) is 33.4 Å². The van der Waals surface area contributed by atoms with E-state index in [1.165, 1.54) is 0 Å². The average molecular weight is 610 g/mol. The molecular weight excluding hydrogens is 558 g/mol. The zero-order chi connectivity index (χ0) is 31.7. The fraction of sp³-hybridized carbons (Fsp3) is 0.733. The third-order valence-corrected chi connectivity index (χ3v) is 12.7. The molecule has 0 saturated heterocycles. The molecule has 0 fully saturated rings. The van der Waals surface area contributed by atoms with Gasteiger partial charge in [-0.1, -0.05) is 51.1 Å². The molecular formula is C30H51N3O8Si. The molecule has 0 N–H and O–H groups in total. The van der Waals surface area contributed by atoms with Crippen LogP contribution < -0.4 is 0 Å². The van der Waals surface area contributed by atoms with Crippen LogP contribution in [0.1, 0.15) is 53.7 Å². The van der Waals surface area contributed by atoms with E-state index in [0.717, 1.165) is 0 Å². The van der Waals surface area contributed by atoms with Crippen LogP contribution in [-0.2, 0) is 50.9 Å². The molecule has 1 aromatic rings. The van der Waals surface area contributed by atoms with Crippen molar-refractivity contribution in [2.45, 2.75) is 104 Å². The molecule has 0 unspecified atom stereocenters. The fourth-order valence-corrected chi connectivity index (χ4v) is 5.42. The Morgan fingerprint density at radius 1 is 1.10 bits per heavy atom. The topological polar surface area (TPSA) is 120 Å². The van der Waals surface area contributed by atoms with Crippen molar-refractivity contribution in [2.75, 3.05) is 27.9 Å². The summed E-state index contributed by atoms with van der Waals surface area (Å²) in [5.74, 6) is -1.44. The van der Waals surface area contributed by atoms with Gasteiger partial charge in [-0.15, -0.1) is 5.10 Å². The predicted molar refractivity (Wildman–Crippen MR) is 161 cm³/mol. The summed E-state index contributed by atoms with van der Waals surface area (Å²) in [5, 5.41) is 8.26. The first-order valence-electron chi connectivity index (χ1n) is 14.5. The number of ether oxygens (including phenoxy) is 5. The Bertz CT molecular complexity index is 1080. The third-order valence-electron chi connectivity index (χ3n) is 8.17. The Hall–Kier alpha value is -2.38. The molecule has 2 bridgehead atoms. The number of esters is 2.